The lowest BCUT2D eigenvalue weighted by atomic mass is 10.2. The quantitative estimate of drug-likeness (QED) is 0.597. The smallest absolute Gasteiger partial charge is 0.177 e. The Balaban J connectivity index is 1.96. The van der Waals surface area contributed by atoms with Crippen molar-refractivity contribution < 1.29 is 4.42 Å². The third kappa shape index (κ3) is 2.48. The molecule has 3 nitrogen and oxygen atoms in total. The number of hydrogen-bond donors (Lipinski definition) is 0. The molecule has 0 unspecified atom stereocenters. The molecule has 20 heavy (non-hydrogen) atoms. The van der Waals surface area contributed by atoms with Crippen LogP contribution in [0.2, 0.25) is 0 Å². The van der Waals surface area contributed by atoms with Crippen LogP contribution in [0.5, 0.6) is 0 Å². The standard InChI is InChI=1S/C17H20N2O/c1-2-3-4-7-12-19-15-10-6-5-9-14(15)18-17(19)16-11-8-13-20-16/h5-6,8-11,13H,2-4,7,12H2,1H3. The molecule has 0 radical (unpaired) electrons. The maximum absolute atomic E-state index is 5.53. The largest absolute Gasteiger partial charge is 0.461 e. The van der Waals surface area contributed by atoms with Crippen molar-refractivity contribution in [2.75, 3.05) is 0 Å². The minimum atomic E-state index is 0.844. The fourth-order valence-electron chi connectivity index (χ4n) is 2.59. The molecule has 0 saturated heterocycles. The topological polar surface area (TPSA) is 31.0 Å². The lowest BCUT2D eigenvalue weighted by molar-refractivity contribution is 0.557. The number of hydrogen-bond acceptors (Lipinski definition) is 2. The fourth-order valence-corrected chi connectivity index (χ4v) is 2.59. The Labute approximate surface area is 119 Å². The van der Waals surface area contributed by atoms with Crippen molar-refractivity contribution in [2.45, 2.75) is 39.2 Å². The van der Waals surface area contributed by atoms with Crippen LogP contribution in [0.1, 0.15) is 32.6 Å². The molecule has 3 heteroatoms. The van der Waals surface area contributed by atoms with Gasteiger partial charge in [-0.1, -0.05) is 38.3 Å². The second-order valence-corrected chi connectivity index (χ2v) is 5.11. The van der Waals surface area contributed by atoms with Gasteiger partial charge in [-0.3, -0.25) is 0 Å². The molecule has 1 aromatic carbocycles. The summed E-state index contributed by atoms with van der Waals surface area (Å²) in [7, 11) is 0. The number of aryl methyl sites for hydroxylation is 1. The van der Waals surface area contributed by atoms with Crippen LogP contribution < -0.4 is 0 Å². The van der Waals surface area contributed by atoms with Crippen molar-refractivity contribution in [1.29, 1.82) is 0 Å². The number of imidazole rings is 1. The molecule has 0 aliphatic carbocycles. The van der Waals surface area contributed by atoms with Gasteiger partial charge in [0.05, 0.1) is 17.3 Å². The van der Waals surface area contributed by atoms with Gasteiger partial charge >= 0.3 is 0 Å². The summed E-state index contributed by atoms with van der Waals surface area (Å²) in [5.41, 5.74) is 2.23. The summed E-state index contributed by atoms with van der Waals surface area (Å²) >= 11 is 0. The lowest BCUT2D eigenvalue weighted by Crippen LogP contribution is -2.00. The maximum Gasteiger partial charge on any atom is 0.177 e. The highest BCUT2D eigenvalue weighted by Gasteiger charge is 2.13. The SMILES string of the molecule is CCCCCCn1c(-c2ccco2)nc2ccccc21. The van der Waals surface area contributed by atoms with Crippen LogP contribution in [-0.4, -0.2) is 9.55 Å². The van der Waals surface area contributed by atoms with Gasteiger partial charge in [0.15, 0.2) is 11.6 Å². The molecule has 3 rings (SSSR count). The van der Waals surface area contributed by atoms with Crippen molar-refractivity contribution in [3.63, 3.8) is 0 Å². The molecule has 0 saturated carbocycles. The van der Waals surface area contributed by atoms with E-state index in [2.05, 4.69) is 29.7 Å². The Bertz CT molecular complexity index is 667. The summed E-state index contributed by atoms with van der Waals surface area (Å²) in [6.45, 7) is 3.23. The predicted molar refractivity (Wildman–Crippen MR) is 81.6 cm³/mol. The minimum absolute atomic E-state index is 0.844. The van der Waals surface area contributed by atoms with E-state index in [9.17, 15) is 0 Å². The third-order valence-electron chi connectivity index (χ3n) is 3.63. The van der Waals surface area contributed by atoms with Gasteiger partial charge in [0.2, 0.25) is 0 Å². The highest BCUT2D eigenvalue weighted by atomic mass is 16.3. The second kappa shape index (κ2) is 5.95. The van der Waals surface area contributed by atoms with Crippen molar-refractivity contribution in [3.05, 3.63) is 42.7 Å². The fraction of sp³-hybridized carbons (Fsp3) is 0.353. The summed E-state index contributed by atoms with van der Waals surface area (Å²) in [4.78, 5) is 4.72. The molecule has 0 amide bonds. The van der Waals surface area contributed by atoms with Gasteiger partial charge in [-0.15, -0.1) is 0 Å². The normalized spacial score (nSPS) is 11.2. The number of benzene rings is 1. The Morgan fingerprint density at radius 1 is 1.05 bits per heavy atom. The van der Waals surface area contributed by atoms with Gasteiger partial charge in [0.25, 0.3) is 0 Å². The van der Waals surface area contributed by atoms with Crippen LogP contribution >= 0.6 is 0 Å². The van der Waals surface area contributed by atoms with Gasteiger partial charge in [0.1, 0.15) is 0 Å². The van der Waals surface area contributed by atoms with E-state index in [1.54, 1.807) is 6.26 Å². The Kier molecular flexibility index (Phi) is 3.86. The van der Waals surface area contributed by atoms with Crippen molar-refractivity contribution >= 4 is 11.0 Å². The molecule has 0 atom stereocenters. The summed E-state index contributed by atoms with van der Waals surface area (Å²) in [6, 6.07) is 12.2. The molecular weight excluding hydrogens is 248 g/mol. The van der Waals surface area contributed by atoms with E-state index in [0.717, 1.165) is 23.6 Å². The van der Waals surface area contributed by atoms with E-state index in [1.807, 2.05) is 18.2 Å². The number of rotatable bonds is 6. The zero-order chi connectivity index (χ0) is 13.8. The first-order chi connectivity index (χ1) is 9.90. The van der Waals surface area contributed by atoms with Crippen LogP contribution in [0.15, 0.2) is 47.1 Å². The summed E-state index contributed by atoms with van der Waals surface area (Å²) < 4.78 is 7.82. The van der Waals surface area contributed by atoms with Crippen molar-refractivity contribution in [1.82, 2.24) is 9.55 Å². The minimum Gasteiger partial charge on any atom is -0.461 e. The van der Waals surface area contributed by atoms with Crippen LogP contribution in [0.25, 0.3) is 22.6 Å². The molecule has 0 aliphatic heterocycles. The molecule has 2 aromatic heterocycles. The monoisotopic (exact) mass is 268 g/mol. The molecular formula is C17H20N2O. The Morgan fingerprint density at radius 3 is 2.75 bits per heavy atom. The second-order valence-electron chi connectivity index (χ2n) is 5.11. The lowest BCUT2D eigenvalue weighted by Gasteiger charge is -2.07. The van der Waals surface area contributed by atoms with Crippen molar-refractivity contribution in [2.24, 2.45) is 0 Å². The number of para-hydroxylation sites is 2. The average molecular weight is 268 g/mol. The van der Waals surface area contributed by atoms with Crippen LogP contribution in [0.3, 0.4) is 0 Å². The third-order valence-corrected chi connectivity index (χ3v) is 3.63. The molecule has 0 aliphatic rings. The van der Waals surface area contributed by atoms with Gasteiger partial charge in [-0.2, -0.15) is 0 Å². The van der Waals surface area contributed by atoms with E-state index in [4.69, 9.17) is 9.40 Å². The molecule has 3 aromatic rings. The van der Waals surface area contributed by atoms with Gasteiger partial charge in [-0.25, -0.2) is 4.98 Å². The Morgan fingerprint density at radius 2 is 1.95 bits per heavy atom. The first kappa shape index (κ1) is 13.0. The predicted octanol–water partition coefficient (Wildman–Crippen LogP) is 4.88. The van der Waals surface area contributed by atoms with E-state index >= 15 is 0 Å². The summed E-state index contributed by atoms with van der Waals surface area (Å²) in [5, 5.41) is 0. The molecule has 0 fully saturated rings. The molecule has 104 valence electrons. The first-order valence-electron chi connectivity index (χ1n) is 7.39. The highest BCUT2D eigenvalue weighted by molar-refractivity contribution is 5.79. The number of nitrogens with zero attached hydrogens (tertiary/aromatic N) is 2. The molecule has 2 heterocycles. The summed E-state index contributed by atoms with van der Waals surface area (Å²) in [6.07, 6.45) is 6.71. The van der Waals surface area contributed by atoms with Crippen LogP contribution in [-0.2, 0) is 6.54 Å². The zero-order valence-electron chi connectivity index (χ0n) is 11.9. The van der Waals surface area contributed by atoms with Crippen LogP contribution in [0.4, 0.5) is 0 Å². The van der Waals surface area contributed by atoms with E-state index < -0.39 is 0 Å². The number of furan rings is 1. The maximum atomic E-state index is 5.53. The highest BCUT2D eigenvalue weighted by Crippen LogP contribution is 2.25. The molecule has 0 bridgehead atoms. The Hall–Kier alpha value is -2.03. The zero-order valence-corrected chi connectivity index (χ0v) is 11.9. The molecule has 0 spiro atoms. The van der Waals surface area contributed by atoms with E-state index in [0.29, 0.717) is 0 Å². The van der Waals surface area contributed by atoms with Gasteiger partial charge in [-0.05, 0) is 30.7 Å². The van der Waals surface area contributed by atoms with E-state index in [-0.39, 0.29) is 0 Å². The summed E-state index contributed by atoms with van der Waals surface area (Å²) in [5.74, 6) is 1.78. The van der Waals surface area contributed by atoms with Gasteiger partial charge in [0, 0.05) is 6.54 Å². The van der Waals surface area contributed by atoms with Gasteiger partial charge < -0.3 is 8.98 Å². The molecule has 0 N–H and O–H groups in total. The average Bonchev–Trinajstić information content (AvgIpc) is 3.11. The van der Waals surface area contributed by atoms with E-state index in [1.165, 1.54) is 31.2 Å². The number of aromatic nitrogens is 2. The number of unbranched alkanes of at least 4 members (excludes halogenated alkanes) is 3. The van der Waals surface area contributed by atoms with Crippen molar-refractivity contribution in [3.8, 4) is 11.6 Å². The van der Waals surface area contributed by atoms with Crippen LogP contribution in [0, 0.1) is 0 Å². The number of fused-ring (bicyclic) bond motifs is 1. The first-order valence-corrected chi connectivity index (χ1v) is 7.39.